The highest BCUT2D eigenvalue weighted by molar-refractivity contribution is 6.17. The zero-order valence-electron chi connectivity index (χ0n) is 17.1. The van der Waals surface area contributed by atoms with Gasteiger partial charge in [0.25, 0.3) is 0 Å². The highest BCUT2D eigenvalue weighted by Crippen LogP contribution is 2.33. The fourth-order valence-corrected chi connectivity index (χ4v) is 4.07. The van der Waals surface area contributed by atoms with Crippen molar-refractivity contribution in [3.05, 3.63) is 82.7 Å². The number of fused-ring (bicyclic) bond motifs is 3. The van der Waals surface area contributed by atoms with Crippen molar-refractivity contribution >= 4 is 27.7 Å². The molecule has 0 saturated carbocycles. The Labute approximate surface area is 178 Å². The van der Waals surface area contributed by atoms with Gasteiger partial charge in [-0.1, -0.05) is 31.9 Å². The Balaban J connectivity index is 1.97. The van der Waals surface area contributed by atoms with Gasteiger partial charge in [0.15, 0.2) is 11.6 Å². The first kappa shape index (κ1) is 21.0. The number of aromatic nitrogens is 1. The van der Waals surface area contributed by atoms with Crippen LogP contribution in [0.15, 0.2) is 42.5 Å². The summed E-state index contributed by atoms with van der Waals surface area (Å²) in [7, 11) is 0. The molecular formula is C25H22F3N2O. The molecule has 0 unspecified atom stereocenters. The van der Waals surface area contributed by atoms with E-state index in [4.69, 9.17) is 5.73 Å². The Morgan fingerprint density at radius 3 is 2.58 bits per heavy atom. The summed E-state index contributed by atoms with van der Waals surface area (Å²) in [6.07, 6.45) is 4.03. The van der Waals surface area contributed by atoms with E-state index in [1.807, 2.05) is 12.1 Å². The van der Waals surface area contributed by atoms with Gasteiger partial charge in [-0.05, 0) is 54.8 Å². The summed E-state index contributed by atoms with van der Waals surface area (Å²) in [6, 6.07) is 13.8. The Morgan fingerprint density at radius 1 is 1.06 bits per heavy atom. The molecule has 4 rings (SSSR count). The van der Waals surface area contributed by atoms with E-state index in [0.717, 1.165) is 43.4 Å². The molecule has 0 atom stereocenters. The van der Waals surface area contributed by atoms with Gasteiger partial charge in [-0.2, -0.15) is 0 Å². The maximum Gasteiger partial charge on any atom is 0.249 e. The maximum absolute atomic E-state index is 14.4. The van der Waals surface area contributed by atoms with E-state index in [0.29, 0.717) is 27.4 Å². The second-order valence-corrected chi connectivity index (χ2v) is 7.70. The number of unbranched alkanes of at least 4 members (excludes halogenated alkanes) is 2. The smallest absolute Gasteiger partial charge is 0.249 e. The molecule has 0 aliphatic carbocycles. The summed E-state index contributed by atoms with van der Waals surface area (Å²) in [5.41, 5.74) is 7.79. The van der Waals surface area contributed by atoms with Gasteiger partial charge >= 0.3 is 0 Å². The molecular weight excluding hydrogens is 401 g/mol. The molecule has 1 heterocycles. The fraction of sp³-hybridized carbons (Fsp3) is 0.240. The van der Waals surface area contributed by atoms with Crippen LogP contribution in [0.2, 0.25) is 0 Å². The number of halogens is 3. The van der Waals surface area contributed by atoms with Crippen molar-refractivity contribution in [1.29, 1.82) is 0 Å². The quantitative estimate of drug-likeness (QED) is 0.292. The molecule has 159 valence electrons. The molecule has 0 spiro atoms. The average molecular weight is 423 g/mol. The highest BCUT2D eigenvalue weighted by atomic mass is 19.2. The molecule has 3 nitrogen and oxygen atoms in total. The third-order valence-corrected chi connectivity index (χ3v) is 5.64. The van der Waals surface area contributed by atoms with Crippen molar-refractivity contribution in [2.45, 2.75) is 39.2 Å². The normalized spacial score (nSPS) is 11.5. The highest BCUT2D eigenvalue weighted by Gasteiger charge is 2.20. The zero-order valence-corrected chi connectivity index (χ0v) is 17.1. The average Bonchev–Trinajstić information content (AvgIpc) is 3.07. The summed E-state index contributed by atoms with van der Waals surface area (Å²) in [6.45, 7) is 1.89. The standard InChI is InChI=1S/C25H22F3N2O/c1-2-3-4-6-15-9-10-16-22(13-15)30(14-18-19(26)11-12-20(27)24(18)28)21-8-5-7-17(23(16)21)25(29)31/h5,7-9,11-13H,2-4,6,14H2,1H3,(H2,29,31). The Hall–Kier alpha value is -3.28. The lowest BCUT2D eigenvalue weighted by atomic mass is 10.0. The van der Waals surface area contributed by atoms with E-state index in [2.05, 4.69) is 13.0 Å². The van der Waals surface area contributed by atoms with Gasteiger partial charge < -0.3 is 10.3 Å². The molecule has 0 bridgehead atoms. The number of nitrogens with zero attached hydrogens (tertiary/aromatic N) is 1. The number of rotatable bonds is 7. The van der Waals surface area contributed by atoms with E-state index in [-0.39, 0.29) is 12.1 Å². The van der Waals surface area contributed by atoms with Crippen molar-refractivity contribution in [1.82, 2.24) is 4.57 Å². The third kappa shape index (κ3) is 3.78. The van der Waals surface area contributed by atoms with Crippen LogP contribution in [0.1, 0.15) is 47.7 Å². The lowest BCUT2D eigenvalue weighted by molar-refractivity contribution is 0.100. The minimum Gasteiger partial charge on any atom is -0.366 e. The number of carbonyl (C=O) groups excluding carboxylic acids is 1. The Bertz CT molecular complexity index is 1290. The molecule has 6 heteroatoms. The predicted octanol–water partition coefficient (Wildman–Crippen LogP) is 5.89. The monoisotopic (exact) mass is 423 g/mol. The molecule has 1 radical (unpaired) electrons. The van der Waals surface area contributed by atoms with E-state index in [1.54, 1.807) is 22.8 Å². The van der Waals surface area contributed by atoms with Gasteiger partial charge in [0, 0.05) is 21.9 Å². The molecule has 4 aromatic rings. The summed E-state index contributed by atoms with van der Waals surface area (Å²) >= 11 is 0. The van der Waals surface area contributed by atoms with Crippen molar-refractivity contribution in [3.63, 3.8) is 0 Å². The van der Waals surface area contributed by atoms with Crippen LogP contribution in [0.5, 0.6) is 0 Å². The molecule has 1 aromatic heterocycles. The molecule has 3 aromatic carbocycles. The van der Waals surface area contributed by atoms with Crippen LogP contribution in [0.25, 0.3) is 21.8 Å². The number of carbonyl (C=O) groups is 1. The summed E-state index contributed by atoms with van der Waals surface area (Å²) in [4.78, 5) is 12.0. The number of aryl methyl sites for hydroxylation is 1. The molecule has 0 saturated heterocycles. The minimum absolute atomic E-state index is 0.232. The van der Waals surface area contributed by atoms with Gasteiger partial charge in [-0.15, -0.1) is 0 Å². The van der Waals surface area contributed by atoms with Crippen LogP contribution in [-0.2, 0) is 13.0 Å². The van der Waals surface area contributed by atoms with Crippen molar-refractivity contribution in [3.8, 4) is 0 Å². The summed E-state index contributed by atoms with van der Waals surface area (Å²) < 4.78 is 44.3. The number of amides is 1. The van der Waals surface area contributed by atoms with E-state index >= 15 is 0 Å². The topological polar surface area (TPSA) is 48.0 Å². The van der Waals surface area contributed by atoms with Crippen molar-refractivity contribution < 1.29 is 18.0 Å². The van der Waals surface area contributed by atoms with Gasteiger partial charge in [-0.3, -0.25) is 4.79 Å². The molecule has 0 aliphatic heterocycles. The lowest BCUT2D eigenvalue weighted by Gasteiger charge is -2.11. The van der Waals surface area contributed by atoms with E-state index in [9.17, 15) is 18.0 Å². The van der Waals surface area contributed by atoms with Gasteiger partial charge in [-0.25, -0.2) is 13.2 Å². The van der Waals surface area contributed by atoms with Crippen LogP contribution in [-0.4, -0.2) is 10.5 Å². The van der Waals surface area contributed by atoms with Crippen LogP contribution in [0, 0.1) is 23.5 Å². The van der Waals surface area contributed by atoms with Crippen LogP contribution in [0.3, 0.4) is 0 Å². The number of benzene rings is 3. The van der Waals surface area contributed by atoms with Crippen molar-refractivity contribution in [2.24, 2.45) is 5.73 Å². The lowest BCUT2D eigenvalue weighted by Crippen LogP contribution is -2.11. The number of nitrogens with two attached hydrogens (primary N) is 1. The second-order valence-electron chi connectivity index (χ2n) is 7.70. The number of hydrogen-bond acceptors (Lipinski definition) is 1. The molecule has 31 heavy (non-hydrogen) atoms. The third-order valence-electron chi connectivity index (χ3n) is 5.64. The van der Waals surface area contributed by atoms with Gasteiger partial charge in [0.1, 0.15) is 5.82 Å². The van der Waals surface area contributed by atoms with E-state index < -0.39 is 23.4 Å². The second kappa shape index (κ2) is 8.46. The van der Waals surface area contributed by atoms with Crippen LogP contribution in [0.4, 0.5) is 13.2 Å². The van der Waals surface area contributed by atoms with Crippen LogP contribution < -0.4 is 5.73 Å². The van der Waals surface area contributed by atoms with Gasteiger partial charge in [0.05, 0.1) is 17.6 Å². The Kier molecular flexibility index (Phi) is 5.72. The minimum atomic E-state index is -1.22. The first-order valence-corrected chi connectivity index (χ1v) is 10.3. The van der Waals surface area contributed by atoms with E-state index in [1.165, 1.54) is 0 Å². The van der Waals surface area contributed by atoms with Crippen molar-refractivity contribution in [2.75, 3.05) is 0 Å². The SMILES string of the molecule is CCCCCc1c[c]c2c3c(C(N)=O)cccc3n(Cc3c(F)ccc(F)c3F)c2c1. The molecule has 0 fully saturated rings. The first-order valence-electron chi connectivity index (χ1n) is 10.3. The molecule has 1 amide bonds. The first-order chi connectivity index (χ1) is 14.9. The Morgan fingerprint density at radius 2 is 1.84 bits per heavy atom. The number of hydrogen-bond donors (Lipinski definition) is 1. The number of primary amides is 1. The molecule has 0 aliphatic rings. The zero-order chi connectivity index (χ0) is 22.1. The molecule has 2 N–H and O–H groups in total. The maximum atomic E-state index is 14.4. The predicted molar refractivity (Wildman–Crippen MR) is 115 cm³/mol. The van der Waals surface area contributed by atoms with Crippen LogP contribution >= 0.6 is 0 Å². The van der Waals surface area contributed by atoms with Gasteiger partial charge in [0.2, 0.25) is 5.91 Å². The fourth-order valence-electron chi connectivity index (χ4n) is 4.07. The largest absolute Gasteiger partial charge is 0.366 e. The summed E-state index contributed by atoms with van der Waals surface area (Å²) in [5.74, 6) is -3.76. The summed E-state index contributed by atoms with van der Waals surface area (Å²) in [5, 5.41) is 1.21.